The van der Waals surface area contributed by atoms with Crippen LogP contribution in [0.15, 0.2) is 24.3 Å². The maximum absolute atomic E-state index is 12.8. The number of nitrogens with zero attached hydrogens (tertiary/aromatic N) is 2. The van der Waals surface area contributed by atoms with E-state index < -0.39 is 6.43 Å². The van der Waals surface area contributed by atoms with E-state index in [0.717, 1.165) is 0 Å². The zero-order valence-corrected chi connectivity index (χ0v) is 11.9. The summed E-state index contributed by atoms with van der Waals surface area (Å²) in [6.07, 6.45) is -2.65. The molecule has 0 spiro atoms. The molecule has 0 bridgehead atoms. The minimum Gasteiger partial charge on any atom is -0.497 e. The lowest BCUT2D eigenvalue weighted by atomic mass is 10.2. The highest BCUT2D eigenvalue weighted by molar-refractivity contribution is 5.66. The molecule has 0 saturated heterocycles. The van der Waals surface area contributed by atoms with Crippen molar-refractivity contribution in [2.45, 2.75) is 13.3 Å². The van der Waals surface area contributed by atoms with Crippen LogP contribution in [0, 0.1) is 6.92 Å². The van der Waals surface area contributed by atoms with Crippen LogP contribution in [0.4, 0.5) is 20.3 Å². The van der Waals surface area contributed by atoms with Gasteiger partial charge in [-0.05, 0) is 19.1 Å². The molecule has 0 radical (unpaired) electrons. The zero-order chi connectivity index (χ0) is 15.4. The summed E-state index contributed by atoms with van der Waals surface area (Å²) in [7, 11) is 3.05. The first kappa shape index (κ1) is 15.0. The van der Waals surface area contributed by atoms with Crippen LogP contribution in [0.1, 0.15) is 17.9 Å². The standard InChI is InChI=1S/C14H15F2N3O2/c1-8-17-11(14(15)16)7-13(18-8)19-10-6-9(20-2)4-5-12(10)21-3/h4-7,14H,1-3H3,(H,17,18,19). The fourth-order valence-corrected chi connectivity index (χ4v) is 1.82. The number of alkyl halides is 2. The number of benzene rings is 1. The molecule has 1 heterocycles. The van der Waals surface area contributed by atoms with E-state index in [0.29, 0.717) is 17.2 Å². The second-order valence-corrected chi connectivity index (χ2v) is 4.22. The Bertz CT molecular complexity index is 636. The molecule has 0 fully saturated rings. The molecular weight excluding hydrogens is 280 g/mol. The Balaban J connectivity index is 2.37. The van der Waals surface area contributed by atoms with Crippen LogP contribution in [0.3, 0.4) is 0 Å². The first-order chi connectivity index (χ1) is 10.0. The molecule has 7 heteroatoms. The van der Waals surface area contributed by atoms with Crippen molar-refractivity contribution >= 4 is 11.5 Å². The molecule has 112 valence electrons. The summed E-state index contributed by atoms with van der Waals surface area (Å²) in [4.78, 5) is 7.78. The third-order valence-corrected chi connectivity index (χ3v) is 2.75. The van der Waals surface area contributed by atoms with Gasteiger partial charge < -0.3 is 14.8 Å². The minimum absolute atomic E-state index is 0.261. The molecule has 0 unspecified atom stereocenters. The first-order valence-electron chi connectivity index (χ1n) is 6.16. The predicted molar refractivity (Wildman–Crippen MR) is 74.6 cm³/mol. The molecule has 0 saturated carbocycles. The number of aryl methyl sites for hydroxylation is 1. The quantitative estimate of drug-likeness (QED) is 0.915. The Labute approximate surface area is 120 Å². The summed E-state index contributed by atoms with van der Waals surface area (Å²) in [6.45, 7) is 1.56. The smallest absolute Gasteiger partial charge is 0.280 e. The number of aromatic nitrogens is 2. The molecule has 1 aromatic carbocycles. The number of anilines is 2. The van der Waals surface area contributed by atoms with E-state index in [4.69, 9.17) is 9.47 Å². The van der Waals surface area contributed by atoms with E-state index in [1.807, 2.05) is 0 Å². The van der Waals surface area contributed by atoms with Gasteiger partial charge in [0, 0.05) is 12.1 Å². The van der Waals surface area contributed by atoms with Crippen LogP contribution in [0.2, 0.25) is 0 Å². The minimum atomic E-state index is -2.65. The van der Waals surface area contributed by atoms with Crippen LogP contribution in [0.25, 0.3) is 0 Å². The van der Waals surface area contributed by atoms with Crippen LogP contribution >= 0.6 is 0 Å². The highest BCUT2D eigenvalue weighted by Gasteiger charge is 2.13. The third kappa shape index (κ3) is 3.56. The number of ether oxygens (including phenoxy) is 2. The van der Waals surface area contributed by atoms with Gasteiger partial charge in [0.1, 0.15) is 28.8 Å². The van der Waals surface area contributed by atoms with Crippen LogP contribution in [-0.2, 0) is 0 Å². The van der Waals surface area contributed by atoms with Crippen molar-refractivity contribution in [3.05, 3.63) is 35.8 Å². The Hall–Kier alpha value is -2.44. The van der Waals surface area contributed by atoms with Crippen molar-refractivity contribution in [2.24, 2.45) is 0 Å². The molecule has 1 N–H and O–H groups in total. The lowest BCUT2D eigenvalue weighted by Crippen LogP contribution is -2.02. The molecule has 0 aliphatic heterocycles. The topological polar surface area (TPSA) is 56.3 Å². The number of methoxy groups -OCH3 is 2. The first-order valence-corrected chi connectivity index (χ1v) is 6.16. The van der Waals surface area contributed by atoms with E-state index in [-0.39, 0.29) is 17.3 Å². The lowest BCUT2D eigenvalue weighted by Gasteiger charge is -2.13. The maximum atomic E-state index is 12.8. The average Bonchev–Trinajstić information content (AvgIpc) is 2.46. The second kappa shape index (κ2) is 6.34. The van der Waals surface area contributed by atoms with E-state index in [2.05, 4.69) is 15.3 Å². The largest absolute Gasteiger partial charge is 0.497 e. The second-order valence-electron chi connectivity index (χ2n) is 4.22. The van der Waals surface area contributed by atoms with Crippen molar-refractivity contribution in [1.29, 1.82) is 0 Å². The van der Waals surface area contributed by atoms with E-state index in [9.17, 15) is 8.78 Å². The van der Waals surface area contributed by atoms with Gasteiger partial charge in [-0.15, -0.1) is 0 Å². The Morgan fingerprint density at radius 2 is 1.86 bits per heavy atom. The zero-order valence-electron chi connectivity index (χ0n) is 11.9. The number of hydrogen-bond donors (Lipinski definition) is 1. The van der Waals surface area contributed by atoms with E-state index >= 15 is 0 Å². The van der Waals surface area contributed by atoms with Crippen molar-refractivity contribution in [1.82, 2.24) is 9.97 Å². The van der Waals surface area contributed by atoms with Crippen molar-refractivity contribution in [2.75, 3.05) is 19.5 Å². The average molecular weight is 295 g/mol. The molecule has 2 rings (SSSR count). The van der Waals surface area contributed by atoms with Gasteiger partial charge in [-0.3, -0.25) is 0 Å². The Morgan fingerprint density at radius 3 is 2.48 bits per heavy atom. The molecule has 1 aromatic heterocycles. The molecule has 0 amide bonds. The highest BCUT2D eigenvalue weighted by atomic mass is 19.3. The lowest BCUT2D eigenvalue weighted by molar-refractivity contribution is 0.145. The van der Waals surface area contributed by atoms with Crippen molar-refractivity contribution < 1.29 is 18.3 Å². The number of rotatable bonds is 5. The molecule has 0 atom stereocenters. The molecule has 21 heavy (non-hydrogen) atoms. The fourth-order valence-electron chi connectivity index (χ4n) is 1.82. The van der Waals surface area contributed by atoms with Gasteiger partial charge in [0.2, 0.25) is 0 Å². The summed E-state index contributed by atoms with van der Waals surface area (Å²) in [6, 6.07) is 6.35. The van der Waals surface area contributed by atoms with Gasteiger partial charge in [0.25, 0.3) is 6.43 Å². The highest BCUT2D eigenvalue weighted by Crippen LogP contribution is 2.31. The predicted octanol–water partition coefficient (Wildman–Crippen LogP) is 3.48. The number of halogens is 2. The van der Waals surface area contributed by atoms with Crippen LogP contribution in [0.5, 0.6) is 11.5 Å². The molecular formula is C14H15F2N3O2. The molecule has 0 aliphatic carbocycles. The monoisotopic (exact) mass is 295 g/mol. The summed E-state index contributed by atoms with van der Waals surface area (Å²) in [5.41, 5.74) is 0.238. The van der Waals surface area contributed by atoms with E-state index in [1.165, 1.54) is 20.3 Å². The van der Waals surface area contributed by atoms with Crippen LogP contribution in [-0.4, -0.2) is 24.2 Å². The summed E-state index contributed by atoms with van der Waals surface area (Å²) >= 11 is 0. The Morgan fingerprint density at radius 1 is 1.10 bits per heavy atom. The molecule has 5 nitrogen and oxygen atoms in total. The van der Waals surface area contributed by atoms with Gasteiger partial charge in [0.15, 0.2) is 0 Å². The normalized spacial score (nSPS) is 10.6. The summed E-state index contributed by atoms with van der Waals surface area (Å²) < 4.78 is 35.9. The SMILES string of the molecule is COc1ccc(OC)c(Nc2cc(C(F)F)nc(C)n2)c1. The summed E-state index contributed by atoms with van der Waals surface area (Å²) in [5.74, 6) is 1.69. The van der Waals surface area contributed by atoms with E-state index in [1.54, 1.807) is 25.1 Å². The van der Waals surface area contributed by atoms with Crippen molar-refractivity contribution in [3.63, 3.8) is 0 Å². The van der Waals surface area contributed by atoms with Gasteiger partial charge in [-0.25, -0.2) is 18.7 Å². The maximum Gasteiger partial charge on any atom is 0.280 e. The number of hydrogen-bond acceptors (Lipinski definition) is 5. The van der Waals surface area contributed by atoms with Crippen LogP contribution < -0.4 is 14.8 Å². The fraction of sp³-hybridized carbons (Fsp3) is 0.286. The number of nitrogens with one attached hydrogen (secondary N) is 1. The van der Waals surface area contributed by atoms with Gasteiger partial charge >= 0.3 is 0 Å². The van der Waals surface area contributed by atoms with Gasteiger partial charge in [-0.2, -0.15) is 0 Å². The van der Waals surface area contributed by atoms with Crippen molar-refractivity contribution in [3.8, 4) is 11.5 Å². The molecule has 0 aliphatic rings. The van der Waals surface area contributed by atoms with Gasteiger partial charge in [-0.1, -0.05) is 0 Å². The summed E-state index contributed by atoms with van der Waals surface area (Å²) in [5, 5.41) is 2.94. The molecule has 2 aromatic rings. The Kier molecular flexibility index (Phi) is 4.52. The third-order valence-electron chi connectivity index (χ3n) is 2.75. The van der Waals surface area contributed by atoms with Gasteiger partial charge in [0.05, 0.1) is 19.9 Å².